The van der Waals surface area contributed by atoms with Gasteiger partial charge in [0.15, 0.2) is 26.8 Å². The topological polar surface area (TPSA) is 54.4 Å². The second-order valence-electron chi connectivity index (χ2n) is 0.733. The second kappa shape index (κ2) is 6.42. The van der Waals surface area contributed by atoms with E-state index in [9.17, 15) is 8.42 Å². The van der Waals surface area contributed by atoms with E-state index in [0.717, 1.165) is 0 Å². The Balaban J connectivity index is -0.0000000267. The summed E-state index contributed by atoms with van der Waals surface area (Å²) in [6.45, 7) is 0. The van der Waals surface area contributed by atoms with Crippen LogP contribution in [-0.4, -0.2) is 39.7 Å². The van der Waals surface area contributed by atoms with Gasteiger partial charge in [0.1, 0.15) is 0 Å². The van der Waals surface area contributed by atoms with E-state index in [0.29, 0.717) is 0 Å². The van der Waals surface area contributed by atoms with Crippen molar-refractivity contribution < 1.29 is 65.8 Å². The van der Waals surface area contributed by atoms with Crippen molar-refractivity contribution in [2.45, 2.75) is 0 Å². The van der Waals surface area contributed by atoms with Gasteiger partial charge in [0, 0.05) is 0 Å². The SMILES string of the molecule is O=S(=O)(O)[SiH3].[AlH3].[H-].[K+]. The molecule has 0 atom stereocenters. The van der Waals surface area contributed by atoms with E-state index in [4.69, 9.17) is 4.55 Å². The van der Waals surface area contributed by atoms with E-state index in [1.807, 2.05) is 0 Å². The zero-order chi connectivity index (χ0) is 4.50. The minimum absolute atomic E-state index is 0. The average molecular weight is 182 g/mol. The molecular weight excluding hydrogens is 174 g/mol. The maximum atomic E-state index is 9.25. The van der Waals surface area contributed by atoms with E-state index in [-0.39, 0.29) is 79.6 Å². The van der Waals surface area contributed by atoms with E-state index in [2.05, 4.69) is 0 Å². The van der Waals surface area contributed by atoms with Gasteiger partial charge >= 0.3 is 51.4 Å². The zero-order valence-electron chi connectivity index (χ0n) is 4.67. The molecule has 0 saturated carbocycles. The molecule has 7 heteroatoms. The minimum atomic E-state index is -3.53. The predicted octanol–water partition coefficient (Wildman–Crippen LogP) is -5.91. The Morgan fingerprint density at radius 3 is 1.57 bits per heavy atom. The Morgan fingerprint density at radius 2 is 1.57 bits per heavy atom. The Labute approximate surface area is 100 Å². The zero-order valence-corrected chi connectivity index (χ0v) is 9.61. The molecule has 7 heavy (non-hydrogen) atoms. The van der Waals surface area contributed by atoms with Gasteiger partial charge in [0.2, 0.25) is 9.57 Å². The van der Waals surface area contributed by atoms with E-state index < -0.39 is 9.57 Å². The van der Waals surface area contributed by atoms with Crippen LogP contribution in [0.25, 0.3) is 0 Å². The molecule has 0 rings (SSSR count). The van der Waals surface area contributed by atoms with Gasteiger partial charge < -0.3 is 1.43 Å². The fraction of sp³-hybridized carbons (Fsp3) is 0. The summed E-state index contributed by atoms with van der Waals surface area (Å²) in [6.07, 6.45) is 0. The predicted molar refractivity (Wildman–Crippen MR) is 32.5 cm³/mol. The van der Waals surface area contributed by atoms with Gasteiger partial charge in [-0.15, -0.1) is 0 Å². The largest absolute Gasteiger partial charge is 1.00 e. The molecule has 0 aliphatic carbocycles. The Morgan fingerprint density at radius 1 is 1.57 bits per heavy atom. The van der Waals surface area contributed by atoms with Crippen LogP contribution in [0.5, 0.6) is 0 Å². The molecule has 0 unspecified atom stereocenters. The number of hydrogen-bond donors (Lipinski definition) is 1. The molecule has 0 aromatic rings. The summed E-state index contributed by atoms with van der Waals surface area (Å²) in [5.74, 6) is 0. The van der Waals surface area contributed by atoms with Crippen LogP contribution >= 0.6 is 0 Å². The Hall–Kier alpha value is 2.30. The summed E-state index contributed by atoms with van der Waals surface area (Å²) in [5.41, 5.74) is 0. The van der Waals surface area contributed by atoms with Crippen LogP contribution in [0.1, 0.15) is 1.43 Å². The maximum absolute atomic E-state index is 9.25. The van der Waals surface area contributed by atoms with E-state index in [1.165, 1.54) is 0 Å². The first-order valence-corrected chi connectivity index (χ1v) is 5.22. The standard InChI is InChI=1S/Al.K.H4O3SSi.4H/c;;1-4(2,3)5;;;;/h;;5H3,(H,1,2,3);;;;/q;+1;;;;;-1. The van der Waals surface area contributed by atoms with Crippen molar-refractivity contribution in [3.8, 4) is 0 Å². The fourth-order valence-corrected chi connectivity index (χ4v) is 0. The van der Waals surface area contributed by atoms with Crippen LogP contribution in [0.4, 0.5) is 0 Å². The summed E-state index contributed by atoms with van der Waals surface area (Å²) < 4.78 is 26.1. The number of hydrogen-bond acceptors (Lipinski definition) is 2. The van der Waals surface area contributed by atoms with Gasteiger partial charge in [0.25, 0.3) is 0 Å². The van der Waals surface area contributed by atoms with Gasteiger partial charge in [-0.25, -0.2) is 8.42 Å². The normalized spacial score (nSPS) is 8.71. The van der Waals surface area contributed by atoms with Gasteiger partial charge in [-0.05, 0) is 0 Å². The molecule has 3 nitrogen and oxygen atoms in total. The first-order valence-electron chi connectivity index (χ1n) is 0.924. The average Bonchev–Trinajstić information content (AvgIpc) is 0.722. The molecule has 0 heterocycles. The molecule has 0 aromatic carbocycles. The van der Waals surface area contributed by atoms with Crippen LogP contribution in [0.15, 0.2) is 0 Å². The molecule has 0 spiro atoms. The van der Waals surface area contributed by atoms with E-state index >= 15 is 0 Å². The molecule has 0 aliphatic heterocycles. The summed E-state index contributed by atoms with van der Waals surface area (Å²) in [6, 6.07) is 0. The molecule has 0 saturated heterocycles. The van der Waals surface area contributed by atoms with Gasteiger partial charge in [-0.2, -0.15) is 0 Å². The molecule has 0 aromatic heterocycles. The minimum Gasteiger partial charge on any atom is -1.00 e. The maximum Gasteiger partial charge on any atom is 1.00 e. The summed E-state index contributed by atoms with van der Waals surface area (Å²) in [4.78, 5) is 0. The van der Waals surface area contributed by atoms with Crippen molar-refractivity contribution >= 4 is 36.3 Å². The Bertz CT molecular complexity index is 102. The molecule has 0 amide bonds. The summed E-state index contributed by atoms with van der Waals surface area (Å²) in [7, 11) is -3.69. The summed E-state index contributed by atoms with van der Waals surface area (Å²) in [5, 5.41) is 0. The smallest absolute Gasteiger partial charge is 1.00 e. The molecule has 1 N–H and O–H groups in total. The third kappa shape index (κ3) is 62.4. The first kappa shape index (κ1) is 16.1. The van der Waals surface area contributed by atoms with Crippen LogP contribution in [-0.2, 0) is 9.57 Å². The summed E-state index contributed by atoms with van der Waals surface area (Å²) >= 11 is 0. The van der Waals surface area contributed by atoms with Crippen LogP contribution in [0.2, 0.25) is 0 Å². The first-order chi connectivity index (χ1) is 2.00. The van der Waals surface area contributed by atoms with E-state index in [1.54, 1.807) is 0 Å². The van der Waals surface area contributed by atoms with Gasteiger partial charge in [0.05, 0.1) is 0 Å². The molecular formula is H8AlKO3SSi. The monoisotopic (exact) mass is 182 g/mol. The fourth-order valence-electron chi connectivity index (χ4n) is 0. The molecule has 0 aliphatic rings. The third-order valence-electron chi connectivity index (χ3n) is 0. The van der Waals surface area contributed by atoms with Crippen molar-refractivity contribution in [1.29, 1.82) is 0 Å². The molecule has 0 fully saturated rings. The van der Waals surface area contributed by atoms with Crippen molar-refractivity contribution in [2.24, 2.45) is 0 Å². The third-order valence-corrected chi connectivity index (χ3v) is 0. The Kier molecular flexibility index (Phi) is 14.8. The number of rotatable bonds is 0. The van der Waals surface area contributed by atoms with Crippen molar-refractivity contribution in [3.63, 3.8) is 0 Å². The quantitative estimate of drug-likeness (QED) is 0.300. The van der Waals surface area contributed by atoms with Crippen LogP contribution < -0.4 is 51.4 Å². The van der Waals surface area contributed by atoms with Gasteiger partial charge in [-0.1, -0.05) is 0 Å². The molecule has 0 bridgehead atoms. The van der Waals surface area contributed by atoms with Crippen molar-refractivity contribution in [3.05, 3.63) is 0 Å². The van der Waals surface area contributed by atoms with Crippen molar-refractivity contribution in [1.82, 2.24) is 0 Å². The van der Waals surface area contributed by atoms with Crippen LogP contribution in [0.3, 0.4) is 0 Å². The molecule has 40 valence electrons. The van der Waals surface area contributed by atoms with Crippen LogP contribution in [0, 0.1) is 0 Å². The van der Waals surface area contributed by atoms with Crippen molar-refractivity contribution in [2.75, 3.05) is 0 Å². The molecule has 0 radical (unpaired) electrons. The van der Waals surface area contributed by atoms with Gasteiger partial charge in [-0.3, -0.25) is 4.55 Å². The second-order valence-corrected chi connectivity index (χ2v) is 5.29.